The van der Waals surface area contributed by atoms with Crippen LogP contribution in [0.5, 0.6) is 11.5 Å². The number of ether oxygens (including phenoxy) is 2. The van der Waals surface area contributed by atoms with Gasteiger partial charge in [0.05, 0.1) is 24.8 Å². The molecule has 0 aliphatic carbocycles. The molecule has 132 valence electrons. The monoisotopic (exact) mass is 366 g/mol. The second kappa shape index (κ2) is 6.80. The van der Waals surface area contributed by atoms with E-state index in [4.69, 9.17) is 9.47 Å². The predicted molar refractivity (Wildman–Crippen MR) is 102 cm³/mol. The summed E-state index contributed by atoms with van der Waals surface area (Å²) < 4.78 is 15.5. The van der Waals surface area contributed by atoms with Crippen LogP contribution in [0.4, 0.5) is 5.69 Å². The normalized spacial score (nSPS) is 15.9. The van der Waals surface area contributed by atoms with Gasteiger partial charge in [-0.1, -0.05) is 30.3 Å². The van der Waals surface area contributed by atoms with Crippen LogP contribution in [0.3, 0.4) is 0 Å². The Balaban J connectivity index is 1.85. The number of aromatic nitrogens is 1. The first kappa shape index (κ1) is 16.6. The Morgan fingerprint density at radius 2 is 1.92 bits per heavy atom. The molecule has 1 atom stereocenters. The van der Waals surface area contributed by atoms with E-state index in [1.807, 2.05) is 48.5 Å². The molecule has 0 bridgehead atoms. The van der Waals surface area contributed by atoms with Gasteiger partial charge >= 0.3 is 0 Å². The Kier molecular flexibility index (Phi) is 4.34. The average molecular weight is 366 g/mol. The average Bonchev–Trinajstić information content (AvgIpc) is 3.11. The lowest BCUT2D eigenvalue weighted by atomic mass is 9.89. The maximum atomic E-state index is 12.4. The standard InChI is InChI=1S/C20H18N2O3S/c1-24-13-8-9-16(25-2)14(10-13)15-11-17(23)21-19-18(22-26-20(15)19)12-6-4-3-5-7-12/h3-10,15H,11H2,1-2H3,(H,21,23). The van der Waals surface area contributed by atoms with E-state index in [0.717, 1.165) is 38.9 Å². The summed E-state index contributed by atoms with van der Waals surface area (Å²) in [6, 6.07) is 15.6. The highest BCUT2D eigenvalue weighted by Gasteiger charge is 2.33. The molecule has 0 fully saturated rings. The number of carbonyl (C=O) groups is 1. The fraction of sp³-hybridized carbons (Fsp3) is 0.200. The Morgan fingerprint density at radius 1 is 1.12 bits per heavy atom. The summed E-state index contributed by atoms with van der Waals surface area (Å²) in [5.41, 5.74) is 3.53. The van der Waals surface area contributed by atoms with Crippen molar-refractivity contribution in [3.63, 3.8) is 0 Å². The van der Waals surface area contributed by atoms with Crippen molar-refractivity contribution >= 4 is 23.1 Å². The van der Waals surface area contributed by atoms with E-state index in [2.05, 4.69) is 9.69 Å². The molecule has 1 aromatic heterocycles. The fourth-order valence-corrected chi connectivity index (χ4v) is 4.25. The number of methoxy groups -OCH3 is 2. The molecule has 1 amide bonds. The molecule has 2 aromatic carbocycles. The largest absolute Gasteiger partial charge is 0.497 e. The SMILES string of the molecule is COc1ccc(OC)c(C2CC(=O)Nc3c(-c4ccccc4)nsc32)c1. The zero-order chi connectivity index (χ0) is 18.1. The summed E-state index contributed by atoms with van der Waals surface area (Å²) in [7, 11) is 3.27. The molecule has 0 radical (unpaired) electrons. The number of carbonyl (C=O) groups excluding carboxylic acids is 1. The van der Waals surface area contributed by atoms with E-state index in [0.29, 0.717) is 6.42 Å². The number of rotatable bonds is 4. The number of nitrogens with one attached hydrogen (secondary N) is 1. The maximum absolute atomic E-state index is 12.4. The minimum atomic E-state index is -0.112. The summed E-state index contributed by atoms with van der Waals surface area (Å²) in [4.78, 5) is 13.5. The van der Waals surface area contributed by atoms with E-state index in [1.54, 1.807) is 14.2 Å². The minimum Gasteiger partial charge on any atom is -0.497 e. The van der Waals surface area contributed by atoms with Gasteiger partial charge in [0.15, 0.2) is 0 Å². The summed E-state index contributed by atoms with van der Waals surface area (Å²) >= 11 is 1.42. The van der Waals surface area contributed by atoms with Crippen molar-refractivity contribution in [1.82, 2.24) is 4.37 Å². The maximum Gasteiger partial charge on any atom is 0.225 e. The van der Waals surface area contributed by atoms with Crippen molar-refractivity contribution in [2.45, 2.75) is 12.3 Å². The number of amides is 1. The van der Waals surface area contributed by atoms with Gasteiger partial charge in [0, 0.05) is 23.5 Å². The van der Waals surface area contributed by atoms with Gasteiger partial charge in [-0.25, -0.2) is 0 Å². The Hall–Kier alpha value is -2.86. The smallest absolute Gasteiger partial charge is 0.225 e. The van der Waals surface area contributed by atoms with Crippen LogP contribution in [-0.2, 0) is 4.79 Å². The van der Waals surface area contributed by atoms with Crippen LogP contribution in [0.2, 0.25) is 0 Å². The minimum absolute atomic E-state index is 0.0234. The van der Waals surface area contributed by atoms with Crippen LogP contribution in [0.25, 0.3) is 11.3 Å². The Bertz CT molecular complexity index is 953. The lowest BCUT2D eigenvalue weighted by molar-refractivity contribution is -0.116. The first-order chi connectivity index (χ1) is 12.7. The van der Waals surface area contributed by atoms with E-state index in [1.165, 1.54) is 11.5 Å². The molecule has 6 heteroatoms. The molecule has 1 unspecified atom stereocenters. The van der Waals surface area contributed by atoms with Crippen LogP contribution in [0, 0.1) is 0 Å². The fourth-order valence-electron chi connectivity index (χ4n) is 3.29. The number of hydrogen-bond acceptors (Lipinski definition) is 5. The lowest BCUT2D eigenvalue weighted by Gasteiger charge is -2.24. The number of nitrogens with zero attached hydrogens (tertiary/aromatic N) is 1. The summed E-state index contributed by atoms with van der Waals surface area (Å²) in [5, 5.41) is 3.01. The highest BCUT2D eigenvalue weighted by Crippen LogP contribution is 2.47. The van der Waals surface area contributed by atoms with Crippen LogP contribution < -0.4 is 14.8 Å². The van der Waals surface area contributed by atoms with Crippen LogP contribution in [-0.4, -0.2) is 24.5 Å². The Labute approximate surface area is 155 Å². The lowest BCUT2D eigenvalue weighted by Crippen LogP contribution is -2.22. The van der Waals surface area contributed by atoms with Gasteiger partial charge in [0.1, 0.15) is 17.2 Å². The molecule has 2 heterocycles. The predicted octanol–water partition coefficient (Wildman–Crippen LogP) is 4.30. The topological polar surface area (TPSA) is 60.5 Å². The zero-order valence-electron chi connectivity index (χ0n) is 14.5. The molecule has 5 nitrogen and oxygen atoms in total. The number of anilines is 1. The van der Waals surface area contributed by atoms with Gasteiger partial charge in [-0.05, 0) is 29.7 Å². The second-order valence-electron chi connectivity index (χ2n) is 6.05. The van der Waals surface area contributed by atoms with Gasteiger partial charge in [-0.2, -0.15) is 4.37 Å². The van der Waals surface area contributed by atoms with Gasteiger partial charge in [-0.15, -0.1) is 0 Å². The molecule has 0 spiro atoms. The van der Waals surface area contributed by atoms with Crippen LogP contribution >= 0.6 is 11.5 Å². The number of hydrogen-bond donors (Lipinski definition) is 1. The van der Waals surface area contributed by atoms with Crippen molar-refractivity contribution in [1.29, 1.82) is 0 Å². The van der Waals surface area contributed by atoms with Crippen LogP contribution in [0.1, 0.15) is 22.8 Å². The van der Waals surface area contributed by atoms with Crippen molar-refractivity contribution in [3.05, 3.63) is 59.0 Å². The second-order valence-corrected chi connectivity index (χ2v) is 6.85. The molecular weight excluding hydrogens is 348 g/mol. The number of fused-ring (bicyclic) bond motifs is 1. The third kappa shape index (κ3) is 2.82. The highest BCUT2D eigenvalue weighted by atomic mass is 32.1. The summed E-state index contributed by atoms with van der Waals surface area (Å²) in [6.07, 6.45) is 0.354. The van der Waals surface area contributed by atoms with Crippen molar-refractivity contribution < 1.29 is 14.3 Å². The van der Waals surface area contributed by atoms with Gasteiger partial charge < -0.3 is 14.8 Å². The van der Waals surface area contributed by atoms with Gasteiger partial charge in [0.25, 0.3) is 0 Å². The molecule has 1 N–H and O–H groups in total. The van der Waals surface area contributed by atoms with E-state index >= 15 is 0 Å². The molecule has 0 saturated carbocycles. The molecular formula is C20H18N2O3S. The molecule has 0 saturated heterocycles. The zero-order valence-corrected chi connectivity index (χ0v) is 15.3. The third-order valence-corrected chi connectivity index (χ3v) is 5.51. The summed E-state index contributed by atoms with van der Waals surface area (Å²) in [6.45, 7) is 0. The van der Waals surface area contributed by atoms with Crippen molar-refractivity contribution in [2.75, 3.05) is 19.5 Å². The Morgan fingerprint density at radius 3 is 2.65 bits per heavy atom. The van der Waals surface area contributed by atoms with Gasteiger partial charge in [-0.3, -0.25) is 4.79 Å². The summed E-state index contributed by atoms with van der Waals surface area (Å²) in [5.74, 6) is 1.34. The first-order valence-electron chi connectivity index (χ1n) is 8.28. The van der Waals surface area contributed by atoms with Crippen molar-refractivity contribution in [2.24, 2.45) is 0 Å². The van der Waals surface area contributed by atoms with E-state index in [9.17, 15) is 4.79 Å². The van der Waals surface area contributed by atoms with E-state index < -0.39 is 0 Å². The van der Waals surface area contributed by atoms with Crippen molar-refractivity contribution in [3.8, 4) is 22.8 Å². The molecule has 26 heavy (non-hydrogen) atoms. The van der Waals surface area contributed by atoms with Gasteiger partial charge in [0.2, 0.25) is 5.91 Å². The first-order valence-corrected chi connectivity index (χ1v) is 9.05. The van der Waals surface area contributed by atoms with E-state index in [-0.39, 0.29) is 11.8 Å². The molecule has 1 aliphatic rings. The molecule has 3 aromatic rings. The number of benzene rings is 2. The third-order valence-electron chi connectivity index (χ3n) is 4.55. The molecule has 1 aliphatic heterocycles. The highest BCUT2D eigenvalue weighted by molar-refractivity contribution is 7.07. The quantitative estimate of drug-likeness (QED) is 0.748. The molecule has 4 rings (SSSR count). The van der Waals surface area contributed by atoms with Crippen LogP contribution in [0.15, 0.2) is 48.5 Å².